The summed E-state index contributed by atoms with van der Waals surface area (Å²) in [7, 11) is 6.97. The molecule has 2 aromatic carbocycles. The molecule has 0 fully saturated rings. The first-order chi connectivity index (χ1) is 29.1. The number of nitriles is 2. The van der Waals surface area contributed by atoms with Crippen molar-refractivity contribution < 1.29 is 19.6 Å². The molecule has 0 saturated carbocycles. The van der Waals surface area contributed by atoms with Gasteiger partial charge in [0, 0.05) is 52.6 Å². The normalized spacial score (nSPS) is 12.1. The zero-order chi connectivity index (χ0) is 43.6. The maximum atomic E-state index is 12.9. The lowest BCUT2D eigenvalue weighted by Gasteiger charge is -2.17. The molecule has 0 bridgehead atoms. The molecule has 1 N–H and O–H groups in total. The molecule has 6 aromatic rings. The Morgan fingerprint density at radius 1 is 0.852 bits per heavy atom. The minimum absolute atomic E-state index is 0. The van der Waals surface area contributed by atoms with Crippen molar-refractivity contribution in [2.75, 3.05) is 28.8 Å². The van der Waals surface area contributed by atoms with E-state index >= 15 is 0 Å². The molecule has 17 heteroatoms. The van der Waals surface area contributed by atoms with Gasteiger partial charge in [-0.15, -0.1) is 0 Å². The summed E-state index contributed by atoms with van der Waals surface area (Å²) in [5, 5.41) is 32.7. The number of anilines is 2. The van der Waals surface area contributed by atoms with Crippen molar-refractivity contribution >= 4 is 63.8 Å². The van der Waals surface area contributed by atoms with E-state index in [1.807, 2.05) is 35.3 Å². The van der Waals surface area contributed by atoms with Crippen LogP contribution in [0.4, 0.5) is 11.4 Å². The van der Waals surface area contributed by atoms with Crippen LogP contribution in [0.3, 0.4) is 0 Å². The van der Waals surface area contributed by atoms with Gasteiger partial charge in [-0.3, -0.25) is 19.6 Å². The molecule has 0 saturated heterocycles. The van der Waals surface area contributed by atoms with Gasteiger partial charge in [-0.25, -0.2) is 9.97 Å². The molecule has 1 unspecified atom stereocenters. The van der Waals surface area contributed by atoms with Crippen molar-refractivity contribution in [3.8, 4) is 12.1 Å². The number of hydrogen-bond acceptors (Lipinski definition) is 12. The second-order valence-corrected chi connectivity index (χ2v) is 12.5. The van der Waals surface area contributed by atoms with Crippen molar-refractivity contribution in [1.29, 1.82) is 10.5 Å². The first-order valence-electron chi connectivity index (χ1n) is 17.9. The molecule has 1 atom stereocenters. The van der Waals surface area contributed by atoms with E-state index in [9.17, 15) is 9.59 Å². The van der Waals surface area contributed by atoms with Crippen LogP contribution >= 0.6 is 22.6 Å². The van der Waals surface area contributed by atoms with E-state index in [0.29, 0.717) is 51.8 Å². The molecular formula is C44H45IN12O4. The molecule has 1 aliphatic rings. The lowest BCUT2D eigenvalue weighted by Crippen LogP contribution is -2.28. The zero-order valence-corrected chi connectivity index (χ0v) is 35.6. The van der Waals surface area contributed by atoms with Gasteiger partial charge in [0.15, 0.2) is 11.9 Å². The van der Waals surface area contributed by atoms with Crippen LogP contribution in [0, 0.1) is 22.7 Å². The predicted molar refractivity (Wildman–Crippen MR) is 244 cm³/mol. The van der Waals surface area contributed by atoms with Gasteiger partial charge in [0.2, 0.25) is 0 Å². The SMILES string of the molecule is C.C=Cc1ncc(C(=O)N(C)c2cccnc2)n1C.CI.CN(C(=O)c1cnc(C2CC(c3cccc(C#N)c3)=NO2)n1C)c1cccnc1.N#Cc1cccc(C=NO)c1. The van der Waals surface area contributed by atoms with Crippen molar-refractivity contribution in [2.24, 2.45) is 24.4 Å². The quantitative estimate of drug-likeness (QED) is 0.0520. The van der Waals surface area contributed by atoms with Crippen LogP contribution in [-0.2, 0) is 18.9 Å². The third-order valence-corrected chi connectivity index (χ3v) is 8.85. The fraction of sp³-hybridized carbons (Fsp3) is 0.182. The number of carbonyl (C=O) groups excluding carboxylic acids is 2. The van der Waals surface area contributed by atoms with E-state index in [0.717, 1.165) is 17.0 Å². The first kappa shape index (κ1) is 47.9. The van der Waals surface area contributed by atoms with E-state index in [2.05, 4.69) is 65.5 Å². The molecule has 0 aliphatic carbocycles. The Bertz CT molecular complexity index is 2540. The highest BCUT2D eigenvalue weighted by atomic mass is 127. The zero-order valence-electron chi connectivity index (χ0n) is 33.5. The monoisotopic (exact) mass is 932 g/mol. The van der Waals surface area contributed by atoms with Gasteiger partial charge in [0.25, 0.3) is 11.8 Å². The molecule has 61 heavy (non-hydrogen) atoms. The number of aromatic nitrogens is 6. The number of pyridine rings is 2. The Balaban J connectivity index is 0.000000264. The Labute approximate surface area is 368 Å². The number of amides is 2. The molecular weight excluding hydrogens is 887 g/mol. The fourth-order valence-corrected chi connectivity index (χ4v) is 5.63. The van der Waals surface area contributed by atoms with Crippen LogP contribution in [0.2, 0.25) is 0 Å². The number of halogens is 1. The van der Waals surface area contributed by atoms with Crippen LogP contribution in [0.1, 0.15) is 74.8 Å². The summed E-state index contributed by atoms with van der Waals surface area (Å²) in [6.07, 6.45) is 12.7. The molecule has 5 heterocycles. The van der Waals surface area contributed by atoms with Gasteiger partial charge < -0.3 is 29.0 Å². The number of hydrogen-bond donors (Lipinski definition) is 1. The lowest BCUT2D eigenvalue weighted by molar-refractivity contribution is 0.0767. The summed E-state index contributed by atoms with van der Waals surface area (Å²) >= 11 is 2.15. The Hall–Kier alpha value is -7.51. The van der Waals surface area contributed by atoms with Gasteiger partial charge in [-0.2, -0.15) is 10.5 Å². The molecule has 1 aliphatic heterocycles. The number of alkyl halides is 1. The highest BCUT2D eigenvalue weighted by molar-refractivity contribution is 14.1. The summed E-state index contributed by atoms with van der Waals surface area (Å²) in [6, 6.07) is 25.4. The summed E-state index contributed by atoms with van der Waals surface area (Å²) < 4.78 is 3.44. The molecule has 2 amide bonds. The van der Waals surface area contributed by atoms with Gasteiger partial charge >= 0.3 is 0 Å². The van der Waals surface area contributed by atoms with Gasteiger partial charge in [0.1, 0.15) is 17.2 Å². The molecule has 0 radical (unpaired) electrons. The fourth-order valence-electron chi connectivity index (χ4n) is 5.63. The summed E-state index contributed by atoms with van der Waals surface area (Å²) in [6.45, 7) is 3.65. The van der Waals surface area contributed by atoms with E-state index in [1.54, 1.807) is 129 Å². The Morgan fingerprint density at radius 3 is 1.93 bits per heavy atom. The smallest absolute Gasteiger partial charge is 0.276 e. The number of oxime groups is 2. The second kappa shape index (κ2) is 23.8. The Morgan fingerprint density at radius 2 is 1.41 bits per heavy atom. The average molecular weight is 933 g/mol. The number of rotatable bonds is 8. The molecule has 312 valence electrons. The maximum absolute atomic E-state index is 12.9. The van der Waals surface area contributed by atoms with Crippen LogP contribution in [0.15, 0.2) is 127 Å². The lowest BCUT2D eigenvalue weighted by atomic mass is 10.0. The predicted octanol–water partition coefficient (Wildman–Crippen LogP) is 7.62. The number of imidazole rings is 2. The number of nitrogens with zero attached hydrogens (tertiary/aromatic N) is 12. The highest BCUT2D eigenvalue weighted by Crippen LogP contribution is 2.29. The minimum Gasteiger partial charge on any atom is -0.411 e. The summed E-state index contributed by atoms with van der Waals surface area (Å²) in [4.78, 5) is 52.4. The van der Waals surface area contributed by atoms with Crippen LogP contribution in [0.5, 0.6) is 0 Å². The van der Waals surface area contributed by atoms with Crippen LogP contribution in [-0.4, -0.2) is 77.0 Å². The first-order valence-corrected chi connectivity index (χ1v) is 20.1. The summed E-state index contributed by atoms with van der Waals surface area (Å²) in [5.41, 5.74) is 5.81. The number of benzene rings is 2. The summed E-state index contributed by atoms with van der Waals surface area (Å²) in [5.74, 6) is 0.951. The van der Waals surface area contributed by atoms with E-state index in [-0.39, 0.29) is 19.2 Å². The largest absolute Gasteiger partial charge is 0.411 e. The minimum atomic E-state index is -0.397. The third-order valence-electron chi connectivity index (χ3n) is 8.85. The van der Waals surface area contributed by atoms with Crippen molar-refractivity contribution in [3.05, 3.63) is 162 Å². The molecule has 16 nitrogen and oxygen atoms in total. The average Bonchev–Trinajstić information content (AvgIpc) is 4.05. The number of carbonyl (C=O) groups is 2. The van der Waals surface area contributed by atoms with Gasteiger partial charge in [-0.1, -0.05) is 71.2 Å². The highest BCUT2D eigenvalue weighted by Gasteiger charge is 2.30. The molecule has 0 spiro atoms. The van der Waals surface area contributed by atoms with Crippen molar-refractivity contribution in [2.45, 2.75) is 20.0 Å². The standard InChI is InChI=1S/C21H18N6O2.C13H14N4O.C8H6N2O.CH3I.CH4/c1-26(16-7-4-8-23-12-16)21(28)18-13-24-20(27(18)2)19-10-17(25-29-19)15-6-3-5-14(9-15)11-22;1-4-12-15-9-11(17(12)3)13(18)16(2)10-6-5-7-14-8-10;9-5-7-2-1-3-8(4-7)6-10-11;1-2;/h3-9,12-13,19H,10H2,1-2H3;4-9H,1H2,2-3H3;1-4,6,11H;1H3;1H4. The maximum Gasteiger partial charge on any atom is 0.276 e. The molecule has 4 aromatic heterocycles. The van der Waals surface area contributed by atoms with E-state index in [4.69, 9.17) is 20.6 Å². The topological polar surface area (TPSA) is 204 Å². The van der Waals surface area contributed by atoms with Gasteiger partial charge in [0.05, 0.1) is 71.4 Å². The Kier molecular flexibility index (Phi) is 18.7. The van der Waals surface area contributed by atoms with E-state index < -0.39 is 6.10 Å². The van der Waals surface area contributed by atoms with Crippen molar-refractivity contribution in [3.63, 3.8) is 0 Å². The molecule has 7 rings (SSSR count). The van der Waals surface area contributed by atoms with Gasteiger partial charge in [-0.05, 0) is 65.1 Å². The van der Waals surface area contributed by atoms with E-state index in [1.165, 1.54) is 16.0 Å². The van der Waals surface area contributed by atoms with Crippen LogP contribution in [0.25, 0.3) is 6.08 Å². The van der Waals surface area contributed by atoms with Crippen molar-refractivity contribution in [1.82, 2.24) is 29.1 Å². The van der Waals surface area contributed by atoms with Crippen LogP contribution < -0.4 is 9.80 Å². The third kappa shape index (κ3) is 12.3. The second-order valence-electron chi connectivity index (χ2n) is 12.5.